The minimum Gasteiger partial charge on any atom is -0.465 e. The van der Waals surface area contributed by atoms with E-state index in [4.69, 9.17) is 4.74 Å². The third-order valence-corrected chi connectivity index (χ3v) is 3.31. The van der Waals surface area contributed by atoms with Gasteiger partial charge in [-0.2, -0.15) is 0 Å². The standard InChI is InChI=1S/C12H23NO2/c1-4-12(3,11(14)15-5-2)13-10-8-6-7-9-10/h10,13H,4-9H2,1-3H3. The van der Waals surface area contributed by atoms with Gasteiger partial charge in [-0.1, -0.05) is 19.8 Å². The van der Waals surface area contributed by atoms with Crippen LogP contribution >= 0.6 is 0 Å². The second kappa shape index (κ2) is 5.50. The molecule has 1 rings (SSSR count). The van der Waals surface area contributed by atoms with E-state index < -0.39 is 5.54 Å². The first kappa shape index (κ1) is 12.5. The molecule has 88 valence electrons. The van der Waals surface area contributed by atoms with Crippen molar-refractivity contribution in [2.24, 2.45) is 0 Å². The van der Waals surface area contributed by atoms with Gasteiger partial charge in [0.15, 0.2) is 0 Å². The third-order valence-electron chi connectivity index (χ3n) is 3.31. The van der Waals surface area contributed by atoms with Gasteiger partial charge in [-0.3, -0.25) is 10.1 Å². The van der Waals surface area contributed by atoms with Crippen molar-refractivity contribution in [1.29, 1.82) is 0 Å². The van der Waals surface area contributed by atoms with E-state index in [0.717, 1.165) is 6.42 Å². The van der Waals surface area contributed by atoms with E-state index in [1.165, 1.54) is 25.7 Å². The maximum Gasteiger partial charge on any atom is 0.326 e. The van der Waals surface area contributed by atoms with Crippen LogP contribution in [-0.2, 0) is 9.53 Å². The van der Waals surface area contributed by atoms with E-state index in [-0.39, 0.29) is 5.97 Å². The fourth-order valence-corrected chi connectivity index (χ4v) is 2.12. The zero-order chi connectivity index (χ0) is 11.3. The van der Waals surface area contributed by atoms with Gasteiger partial charge in [0.1, 0.15) is 5.54 Å². The average molecular weight is 213 g/mol. The van der Waals surface area contributed by atoms with Crippen LogP contribution < -0.4 is 5.32 Å². The molecule has 1 aliphatic rings. The molecule has 3 heteroatoms. The number of esters is 1. The van der Waals surface area contributed by atoms with Crippen LogP contribution in [0, 0.1) is 0 Å². The van der Waals surface area contributed by atoms with E-state index in [9.17, 15) is 4.79 Å². The van der Waals surface area contributed by atoms with E-state index in [1.807, 2.05) is 20.8 Å². The number of ether oxygens (including phenoxy) is 1. The summed E-state index contributed by atoms with van der Waals surface area (Å²) in [5, 5.41) is 3.45. The Kier molecular flexibility index (Phi) is 4.58. The number of rotatable bonds is 5. The van der Waals surface area contributed by atoms with Gasteiger partial charge in [0.2, 0.25) is 0 Å². The molecular formula is C12H23NO2. The van der Waals surface area contributed by atoms with Crippen molar-refractivity contribution in [2.75, 3.05) is 6.61 Å². The molecule has 0 spiro atoms. The lowest BCUT2D eigenvalue weighted by molar-refractivity contribution is -0.151. The molecule has 0 aromatic heterocycles. The second-order valence-corrected chi connectivity index (χ2v) is 4.53. The molecule has 0 aromatic rings. The summed E-state index contributed by atoms with van der Waals surface area (Å²) in [6.45, 7) is 6.28. The molecule has 0 bridgehead atoms. The Morgan fingerprint density at radius 1 is 1.40 bits per heavy atom. The first-order valence-corrected chi connectivity index (χ1v) is 6.07. The van der Waals surface area contributed by atoms with Crippen molar-refractivity contribution < 1.29 is 9.53 Å². The van der Waals surface area contributed by atoms with E-state index in [2.05, 4.69) is 5.32 Å². The predicted octanol–water partition coefficient (Wildman–Crippen LogP) is 2.25. The van der Waals surface area contributed by atoms with Crippen molar-refractivity contribution in [3.05, 3.63) is 0 Å². The zero-order valence-electron chi connectivity index (χ0n) is 10.1. The number of nitrogens with one attached hydrogen (secondary N) is 1. The Morgan fingerprint density at radius 3 is 2.47 bits per heavy atom. The molecule has 1 N–H and O–H groups in total. The van der Waals surface area contributed by atoms with Crippen molar-refractivity contribution in [3.8, 4) is 0 Å². The smallest absolute Gasteiger partial charge is 0.326 e. The number of carbonyl (C=O) groups excluding carboxylic acids is 1. The molecule has 0 aromatic carbocycles. The molecule has 0 aliphatic heterocycles. The average Bonchev–Trinajstić information content (AvgIpc) is 2.70. The largest absolute Gasteiger partial charge is 0.465 e. The van der Waals surface area contributed by atoms with Gasteiger partial charge < -0.3 is 4.74 Å². The highest BCUT2D eigenvalue weighted by Gasteiger charge is 2.35. The Morgan fingerprint density at radius 2 is 2.00 bits per heavy atom. The summed E-state index contributed by atoms with van der Waals surface area (Å²) in [4.78, 5) is 11.8. The first-order chi connectivity index (χ1) is 7.12. The molecular weight excluding hydrogens is 190 g/mol. The molecule has 3 nitrogen and oxygen atoms in total. The highest BCUT2D eigenvalue weighted by molar-refractivity contribution is 5.80. The molecule has 0 heterocycles. The normalized spacial score (nSPS) is 21.3. The van der Waals surface area contributed by atoms with Crippen LogP contribution in [0.25, 0.3) is 0 Å². The summed E-state index contributed by atoms with van der Waals surface area (Å²) in [7, 11) is 0. The van der Waals surface area contributed by atoms with Crippen LogP contribution in [0.4, 0.5) is 0 Å². The number of hydrogen-bond donors (Lipinski definition) is 1. The fraction of sp³-hybridized carbons (Fsp3) is 0.917. The van der Waals surface area contributed by atoms with Gasteiger partial charge in [-0.25, -0.2) is 0 Å². The lowest BCUT2D eigenvalue weighted by atomic mass is 9.97. The molecule has 1 atom stereocenters. The van der Waals surface area contributed by atoms with Gasteiger partial charge in [-0.15, -0.1) is 0 Å². The fourth-order valence-electron chi connectivity index (χ4n) is 2.12. The van der Waals surface area contributed by atoms with E-state index >= 15 is 0 Å². The molecule has 15 heavy (non-hydrogen) atoms. The van der Waals surface area contributed by atoms with Crippen LogP contribution in [0.1, 0.15) is 52.9 Å². The Balaban J connectivity index is 2.53. The summed E-state index contributed by atoms with van der Waals surface area (Å²) in [5.74, 6) is -0.112. The molecule has 1 unspecified atom stereocenters. The molecule has 0 amide bonds. The monoisotopic (exact) mass is 213 g/mol. The van der Waals surface area contributed by atoms with Gasteiger partial charge in [0, 0.05) is 6.04 Å². The summed E-state index contributed by atoms with van der Waals surface area (Å²) in [5.41, 5.74) is -0.495. The molecule has 0 saturated heterocycles. The van der Waals surface area contributed by atoms with Crippen molar-refractivity contribution in [1.82, 2.24) is 5.32 Å². The van der Waals surface area contributed by atoms with Gasteiger partial charge in [-0.05, 0) is 33.1 Å². The highest BCUT2D eigenvalue weighted by Crippen LogP contribution is 2.22. The quantitative estimate of drug-likeness (QED) is 0.712. The highest BCUT2D eigenvalue weighted by atomic mass is 16.5. The Hall–Kier alpha value is -0.570. The Labute approximate surface area is 92.6 Å². The maximum absolute atomic E-state index is 11.8. The number of hydrogen-bond acceptors (Lipinski definition) is 3. The van der Waals surface area contributed by atoms with Gasteiger partial charge in [0.05, 0.1) is 6.61 Å². The van der Waals surface area contributed by atoms with Crippen LogP contribution in [-0.4, -0.2) is 24.2 Å². The summed E-state index contributed by atoms with van der Waals surface area (Å²) in [6.07, 6.45) is 5.72. The number of carbonyl (C=O) groups is 1. The molecule has 0 radical (unpaired) electrons. The zero-order valence-corrected chi connectivity index (χ0v) is 10.1. The Bertz CT molecular complexity index is 212. The van der Waals surface area contributed by atoms with Crippen LogP contribution in [0.15, 0.2) is 0 Å². The van der Waals surface area contributed by atoms with Crippen molar-refractivity contribution in [3.63, 3.8) is 0 Å². The first-order valence-electron chi connectivity index (χ1n) is 6.07. The SMILES string of the molecule is CCOC(=O)C(C)(CC)NC1CCCC1. The van der Waals surface area contributed by atoms with Gasteiger partial charge in [0.25, 0.3) is 0 Å². The summed E-state index contributed by atoms with van der Waals surface area (Å²) >= 11 is 0. The van der Waals surface area contributed by atoms with Crippen LogP contribution in [0.2, 0.25) is 0 Å². The van der Waals surface area contributed by atoms with Crippen LogP contribution in [0.3, 0.4) is 0 Å². The minimum atomic E-state index is -0.495. The lowest BCUT2D eigenvalue weighted by Crippen LogP contribution is -2.53. The van der Waals surface area contributed by atoms with Crippen LogP contribution in [0.5, 0.6) is 0 Å². The molecule has 1 fully saturated rings. The van der Waals surface area contributed by atoms with Gasteiger partial charge >= 0.3 is 5.97 Å². The predicted molar refractivity (Wildman–Crippen MR) is 60.7 cm³/mol. The minimum absolute atomic E-state index is 0.112. The van der Waals surface area contributed by atoms with Crippen molar-refractivity contribution in [2.45, 2.75) is 64.5 Å². The van der Waals surface area contributed by atoms with E-state index in [1.54, 1.807) is 0 Å². The van der Waals surface area contributed by atoms with Crippen molar-refractivity contribution >= 4 is 5.97 Å². The summed E-state index contributed by atoms with van der Waals surface area (Å²) < 4.78 is 5.11. The molecule has 1 aliphatic carbocycles. The maximum atomic E-state index is 11.8. The molecule has 1 saturated carbocycles. The summed E-state index contributed by atoms with van der Waals surface area (Å²) in [6, 6.07) is 0.499. The second-order valence-electron chi connectivity index (χ2n) is 4.53. The van der Waals surface area contributed by atoms with E-state index in [0.29, 0.717) is 12.6 Å². The topological polar surface area (TPSA) is 38.3 Å². The third kappa shape index (κ3) is 3.20. The lowest BCUT2D eigenvalue weighted by Gasteiger charge is -2.30.